The first-order chi connectivity index (χ1) is 14.1. The van der Waals surface area contributed by atoms with Crippen molar-refractivity contribution in [2.75, 3.05) is 0 Å². The minimum atomic E-state index is 0.274. The highest BCUT2D eigenvalue weighted by atomic mass is 35.5. The molecule has 3 aromatic carbocycles. The maximum atomic E-state index is 9.43. The molecule has 4 rings (SSSR count). The quantitative estimate of drug-likeness (QED) is 0.401. The average molecular weight is 401 g/mol. The summed E-state index contributed by atoms with van der Waals surface area (Å²) in [5, 5.41) is 10.1. The molecule has 0 bridgehead atoms. The first-order valence-electron chi connectivity index (χ1n) is 9.53. The topological polar surface area (TPSA) is 38.0 Å². The number of phenols is 1. The van der Waals surface area contributed by atoms with Gasteiger partial charge in [-0.3, -0.25) is 0 Å². The maximum Gasteiger partial charge on any atom is 0.133 e. The van der Waals surface area contributed by atoms with E-state index >= 15 is 0 Å². The second-order valence-electron chi connectivity index (χ2n) is 6.75. The van der Waals surface area contributed by atoms with Gasteiger partial charge in [0.1, 0.15) is 11.6 Å². The van der Waals surface area contributed by atoms with Gasteiger partial charge in [-0.2, -0.15) is 0 Å². The van der Waals surface area contributed by atoms with E-state index in [0.717, 1.165) is 40.3 Å². The Kier molecular flexibility index (Phi) is 5.50. The predicted molar refractivity (Wildman–Crippen MR) is 121 cm³/mol. The highest BCUT2D eigenvalue weighted by Crippen LogP contribution is 2.27. The molecule has 0 aliphatic heterocycles. The van der Waals surface area contributed by atoms with Crippen LogP contribution in [0.5, 0.6) is 5.75 Å². The standard InChI is InChI=1S/C25H21ClN2O/c1-2-28-17-24(22-5-3-4-6-23(22)26)27-25(28)16-9-18-7-10-19(11-8-18)20-12-14-21(29)15-13-20/h3-17,29H,2H2,1H3/b16-9+. The van der Waals surface area contributed by atoms with Crippen LogP contribution < -0.4 is 0 Å². The lowest BCUT2D eigenvalue weighted by molar-refractivity contribution is 0.475. The number of aryl methyl sites for hydroxylation is 1. The van der Waals surface area contributed by atoms with Crippen LogP contribution in [0.1, 0.15) is 18.3 Å². The van der Waals surface area contributed by atoms with Crippen molar-refractivity contribution in [1.82, 2.24) is 9.55 Å². The Hall–Kier alpha value is -3.30. The number of hydrogen-bond donors (Lipinski definition) is 1. The number of halogens is 1. The third-order valence-corrected chi connectivity index (χ3v) is 5.16. The van der Waals surface area contributed by atoms with E-state index in [1.807, 2.05) is 48.7 Å². The van der Waals surface area contributed by atoms with Crippen LogP contribution in [0.2, 0.25) is 5.02 Å². The van der Waals surface area contributed by atoms with Crippen molar-refractivity contribution in [3.63, 3.8) is 0 Å². The lowest BCUT2D eigenvalue weighted by Gasteiger charge is -2.03. The number of benzene rings is 3. The Morgan fingerprint density at radius 2 is 1.55 bits per heavy atom. The molecule has 0 radical (unpaired) electrons. The van der Waals surface area contributed by atoms with Crippen LogP contribution >= 0.6 is 11.6 Å². The lowest BCUT2D eigenvalue weighted by atomic mass is 10.0. The van der Waals surface area contributed by atoms with Gasteiger partial charge in [0.25, 0.3) is 0 Å². The van der Waals surface area contributed by atoms with Gasteiger partial charge >= 0.3 is 0 Å². The second-order valence-corrected chi connectivity index (χ2v) is 7.16. The average Bonchev–Trinajstić information content (AvgIpc) is 3.16. The fourth-order valence-electron chi connectivity index (χ4n) is 3.23. The molecule has 0 aliphatic carbocycles. The third-order valence-electron chi connectivity index (χ3n) is 4.83. The second kappa shape index (κ2) is 8.38. The summed E-state index contributed by atoms with van der Waals surface area (Å²) >= 11 is 6.33. The maximum absolute atomic E-state index is 9.43. The van der Waals surface area contributed by atoms with Gasteiger partial charge in [-0.1, -0.05) is 72.3 Å². The van der Waals surface area contributed by atoms with Crippen LogP contribution in [0.25, 0.3) is 34.5 Å². The Morgan fingerprint density at radius 1 is 0.897 bits per heavy atom. The van der Waals surface area contributed by atoms with E-state index in [2.05, 4.69) is 41.8 Å². The van der Waals surface area contributed by atoms with E-state index in [4.69, 9.17) is 16.6 Å². The molecule has 0 saturated heterocycles. The van der Waals surface area contributed by atoms with Gasteiger partial charge in [0.05, 0.1) is 10.7 Å². The number of phenolic OH excluding ortho intramolecular Hbond substituents is 1. The Morgan fingerprint density at radius 3 is 2.21 bits per heavy atom. The summed E-state index contributed by atoms with van der Waals surface area (Å²) in [5.41, 5.74) is 5.09. The molecular weight excluding hydrogens is 380 g/mol. The Labute approximate surface area is 175 Å². The Balaban J connectivity index is 1.57. The molecule has 1 heterocycles. The zero-order valence-corrected chi connectivity index (χ0v) is 16.8. The summed E-state index contributed by atoms with van der Waals surface area (Å²) in [6.45, 7) is 2.93. The number of imidazole rings is 1. The van der Waals surface area contributed by atoms with Gasteiger partial charge in [-0.05, 0) is 47.9 Å². The van der Waals surface area contributed by atoms with E-state index in [-0.39, 0.29) is 5.75 Å². The van der Waals surface area contributed by atoms with Gasteiger partial charge < -0.3 is 9.67 Å². The number of aromatic hydroxyl groups is 1. The summed E-state index contributed by atoms with van der Waals surface area (Å²) in [4.78, 5) is 4.77. The van der Waals surface area contributed by atoms with E-state index in [9.17, 15) is 5.11 Å². The monoisotopic (exact) mass is 400 g/mol. The number of nitrogens with zero attached hydrogens (tertiary/aromatic N) is 2. The van der Waals surface area contributed by atoms with Gasteiger partial charge in [-0.15, -0.1) is 0 Å². The molecule has 4 heteroatoms. The predicted octanol–water partition coefficient (Wildman–Crippen LogP) is 6.77. The van der Waals surface area contributed by atoms with Crippen molar-refractivity contribution < 1.29 is 5.11 Å². The van der Waals surface area contributed by atoms with Gasteiger partial charge in [0, 0.05) is 18.3 Å². The van der Waals surface area contributed by atoms with Gasteiger partial charge in [-0.25, -0.2) is 4.98 Å². The molecule has 1 N–H and O–H groups in total. The summed E-state index contributed by atoms with van der Waals surface area (Å²) in [6.07, 6.45) is 6.12. The molecule has 4 aromatic rings. The van der Waals surface area contributed by atoms with E-state index < -0.39 is 0 Å². The number of hydrogen-bond acceptors (Lipinski definition) is 2. The normalized spacial score (nSPS) is 11.2. The van der Waals surface area contributed by atoms with E-state index in [1.54, 1.807) is 12.1 Å². The first-order valence-corrected chi connectivity index (χ1v) is 9.91. The van der Waals surface area contributed by atoms with Crippen LogP contribution in [0.4, 0.5) is 0 Å². The van der Waals surface area contributed by atoms with Crippen molar-refractivity contribution in [3.8, 4) is 28.1 Å². The summed E-state index contributed by atoms with van der Waals surface area (Å²) in [5.74, 6) is 1.17. The van der Waals surface area contributed by atoms with E-state index in [1.165, 1.54) is 0 Å². The highest BCUT2D eigenvalue weighted by molar-refractivity contribution is 6.33. The summed E-state index contributed by atoms with van der Waals surface area (Å²) in [7, 11) is 0. The molecular formula is C25H21ClN2O. The molecule has 1 aromatic heterocycles. The molecule has 0 atom stereocenters. The van der Waals surface area contributed by atoms with Crippen molar-refractivity contribution in [1.29, 1.82) is 0 Å². The van der Waals surface area contributed by atoms with Crippen molar-refractivity contribution in [2.45, 2.75) is 13.5 Å². The summed E-state index contributed by atoms with van der Waals surface area (Å²) in [6, 6.07) is 23.3. The SMILES string of the molecule is CCn1cc(-c2ccccc2Cl)nc1/C=C/c1ccc(-c2ccc(O)cc2)cc1. The van der Waals surface area contributed by atoms with Crippen LogP contribution in [0.3, 0.4) is 0 Å². The minimum Gasteiger partial charge on any atom is -0.508 e. The molecule has 0 spiro atoms. The molecule has 144 valence electrons. The number of rotatable bonds is 5. The smallest absolute Gasteiger partial charge is 0.133 e. The van der Waals surface area contributed by atoms with Gasteiger partial charge in [0.15, 0.2) is 0 Å². The van der Waals surface area contributed by atoms with Crippen LogP contribution in [0, 0.1) is 0 Å². The highest BCUT2D eigenvalue weighted by Gasteiger charge is 2.09. The molecule has 0 fully saturated rings. The lowest BCUT2D eigenvalue weighted by Crippen LogP contribution is -1.94. The summed E-state index contributed by atoms with van der Waals surface area (Å²) < 4.78 is 2.11. The van der Waals surface area contributed by atoms with Crippen LogP contribution in [-0.2, 0) is 6.54 Å². The first kappa shape index (κ1) is 19.0. The van der Waals surface area contributed by atoms with Gasteiger partial charge in [0.2, 0.25) is 0 Å². The van der Waals surface area contributed by atoms with E-state index in [0.29, 0.717) is 5.02 Å². The zero-order valence-electron chi connectivity index (χ0n) is 16.1. The zero-order chi connectivity index (χ0) is 20.2. The fraction of sp³-hybridized carbons (Fsp3) is 0.0800. The third kappa shape index (κ3) is 4.25. The molecule has 0 amide bonds. The van der Waals surface area contributed by atoms with Crippen molar-refractivity contribution >= 4 is 23.8 Å². The molecule has 0 unspecified atom stereocenters. The van der Waals surface area contributed by atoms with Crippen molar-refractivity contribution in [3.05, 3.63) is 95.4 Å². The van der Waals surface area contributed by atoms with Crippen LogP contribution in [0.15, 0.2) is 79.0 Å². The van der Waals surface area contributed by atoms with Crippen molar-refractivity contribution in [2.24, 2.45) is 0 Å². The number of aromatic nitrogens is 2. The Bertz CT molecular complexity index is 1140. The largest absolute Gasteiger partial charge is 0.508 e. The minimum absolute atomic E-state index is 0.274. The molecule has 29 heavy (non-hydrogen) atoms. The molecule has 3 nitrogen and oxygen atoms in total. The fourth-order valence-corrected chi connectivity index (χ4v) is 3.46. The van der Waals surface area contributed by atoms with Crippen LogP contribution in [-0.4, -0.2) is 14.7 Å². The molecule has 0 saturated carbocycles. The molecule has 0 aliphatic rings.